The van der Waals surface area contributed by atoms with E-state index in [2.05, 4.69) is 331 Å². The number of rotatable bonds is 11. The summed E-state index contributed by atoms with van der Waals surface area (Å²) in [7, 11) is 0. The summed E-state index contributed by atoms with van der Waals surface area (Å²) in [6.07, 6.45) is 0. The zero-order valence-corrected chi connectivity index (χ0v) is 71.3. The number of nitrogens with zero attached hydrogens (tertiary/aromatic N) is 7. The molecule has 0 saturated carbocycles. The van der Waals surface area contributed by atoms with E-state index in [1.807, 2.05) is 72.8 Å². The van der Waals surface area contributed by atoms with Crippen molar-refractivity contribution in [1.29, 1.82) is 0 Å². The molecule has 3 aromatic heterocycles. The van der Waals surface area contributed by atoms with Crippen LogP contribution in [0, 0.1) is 0 Å². The van der Waals surface area contributed by atoms with Gasteiger partial charge in [0.1, 0.15) is 0 Å². The molecule has 0 saturated heterocycles. The molecule has 15 aromatic carbocycles. The van der Waals surface area contributed by atoms with Crippen LogP contribution in [0.1, 0.15) is 143 Å². The molecule has 0 fully saturated rings. The molecule has 8 heteroatoms. The van der Waals surface area contributed by atoms with Gasteiger partial charge in [0.05, 0.1) is 50.1 Å². The summed E-state index contributed by atoms with van der Waals surface area (Å²) in [5.41, 5.74) is 25.5. The van der Waals surface area contributed by atoms with Crippen LogP contribution in [0.4, 0.5) is 34.1 Å². The Labute approximate surface area is 723 Å². The third-order valence-electron chi connectivity index (χ3n) is 24.7. The van der Waals surface area contributed by atoms with Crippen LogP contribution < -0.4 is 26.2 Å². The lowest BCUT2D eigenvalue weighted by Crippen LogP contribution is -2.61. The molecule has 5 heterocycles. The minimum absolute atomic E-state index is 0.000719. The predicted molar refractivity (Wildman–Crippen MR) is 514 cm³/mol. The summed E-state index contributed by atoms with van der Waals surface area (Å²) in [5.74, 6) is 1.31. The molecule has 2 aliphatic rings. The summed E-state index contributed by atoms with van der Waals surface area (Å²) >= 11 is 0. The van der Waals surface area contributed by atoms with Gasteiger partial charge in [-0.3, -0.25) is 0 Å². The first-order valence-electron chi connectivity index (χ1n) is 46.2. The first-order chi connectivity index (χ1) is 61.5. The number of anilines is 6. The van der Waals surface area contributed by atoms with Crippen LogP contribution in [0.3, 0.4) is 0 Å². The third kappa shape index (κ3) is 13.3. The summed E-state index contributed by atoms with van der Waals surface area (Å²) < 4.78 is 81.7. The van der Waals surface area contributed by atoms with Gasteiger partial charge in [0.15, 0.2) is 17.5 Å². The third-order valence-corrected chi connectivity index (χ3v) is 24.7. The van der Waals surface area contributed by atoms with E-state index < -0.39 is 60.5 Å². The normalized spacial score (nSPS) is 14.0. The van der Waals surface area contributed by atoms with Crippen LogP contribution in [0.25, 0.3) is 134 Å². The van der Waals surface area contributed by atoms with E-state index in [4.69, 9.17) is 15.0 Å². The highest BCUT2D eigenvalue weighted by atomic mass is 15.2. The molecule has 590 valence electrons. The Morgan fingerprint density at radius 1 is 0.256 bits per heavy atom. The molecular formula is C113H100BN7. The Bertz CT molecular complexity index is 7370. The van der Waals surface area contributed by atoms with E-state index >= 15 is 0 Å². The highest BCUT2D eigenvalue weighted by Gasteiger charge is 2.47. The first kappa shape index (κ1) is 67.5. The Hall–Kier alpha value is -13.4. The molecule has 0 amide bonds. The molecule has 0 unspecified atom stereocenters. The molecule has 2 aliphatic heterocycles. The van der Waals surface area contributed by atoms with Gasteiger partial charge in [-0.1, -0.05) is 358 Å². The summed E-state index contributed by atoms with van der Waals surface area (Å²) in [6.45, 7) is 33.5. The van der Waals surface area contributed by atoms with E-state index in [1.165, 1.54) is 22.3 Å². The van der Waals surface area contributed by atoms with E-state index in [0.717, 1.165) is 128 Å². The lowest BCUT2D eigenvalue weighted by Gasteiger charge is -2.46. The minimum Gasteiger partial charge on any atom is -0.310 e. The van der Waals surface area contributed by atoms with Crippen LogP contribution in [0.2, 0.25) is 0 Å². The average molecular weight is 1570 g/mol. The summed E-state index contributed by atoms with van der Waals surface area (Å²) in [4.78, 5) is 21.9. The van der Waals surface area contributed by atoms with Crippen molar-refractivity contribution in [3.63, 3.8) is 0 Å². The second kappa shape index (κ2) is 28.7. The van der Waals surface area contributed by atoms with Crippen LogP contribution >= 0.6 is 0 Å². The average Bonchev–Trinajstić information content (AvgIpc) is 1.57. The van der Waals surface area contributed by atoms with Crippen molar-refractivity contribution in [2.24, 2.45) is 0 Å². The fourth-order valence-electron chi connectivity index (χ4n) is 18.2. The van der Waals surface area contributed by atoms with Crippen molar-refractivity contribution in [3.05, 3.63) is 361 Å². The van der Waals surface area contributed by atoms with Gasteiger partial charge in [-0.05, 0) is 178 Å². The van der Waals surface area contributed by atoms with Crippen LogP contribution in [0.5, 0.6) is 0 Å². The Morgan fingerprint density at radius 3 is 1.10 bits per heavy atom. The maximum absolute atomic E-state index is 10.1. The molecule has 0 spiro atoms. The highest BCUT2D eigenvalue weighted by Crippen LogP contribution is 2.56. The zero-order chi connectivity index (χ0) is 90.3. The molecule has 0 bridgehead atoms. The van der Waals surface area contributed by atoms with Gasteiger partial charge in [-0.15, -0.1) is 0 Å². The smallest absolute Gasteiger partial charge is 0.252 e. The van der Waals surface area contributed by atoms with Gasteiger partial charge in [0.25, 0.3) is 6.71 Å². The first-order valence-corrected chi connectivity index (χ1v) is 42.2. The number of hydrogen-bond donors (Lipinski definition) is 0. The molecule has 20 rings (SSSR count). The van der Waals surface area contributed by atoms with Gasteiger partial charge >= 0.3 is 0 Å². The highest BCUT2D eigenvalue weighted by molar-refractivity contribution is 7.00. The topological polar surface area (TPSA) is 55.0 Å². The molecule has 0 radical (unpaired) electrons. The number of hydrogen-bond acceptors (Lipinski definition) is 5. The molecule has 0 aliphatic carbocycles. The lowest BCUT2D eigenvalue weighted by molar-refractivity contribution is 0.569. The van der Waals surface area contributed by atoms with Crippen LogP contribution in [0.15, 0.2) is 333 Å². The van der Waals surface area contributed by atoms with Crippen molar-refractivity contribution in [3.8, 4) is 90.0 Å². The van der Waals surface area contributed by atoms with E-state index in [-0.39, 0.29) is 43.5 Å². The standard InChI is InChI=1S/C113H100BN7/c1-109(2,3)78-53-58-97-90(64-78)91-65-79(110(4,5)6)54-59-98(91)119(97)84-69-101-103-102(70-84)121(105-89(73-40-25-18-26-41-73)66-82(113(13,14)15)67-92(105)108-116-106(74-42-27-19-28-43-74)115-107(117-108)75-44-29-20-30-45-75)100-68-83(118-95-50-33-31-46-87(95)88-47-32-34-51-96(88)118)55-57-94(100)114(103)93-56-52-76(77-60-80(111(7,8)9)63-81(61-77)112(10,11)12)62-99(93)120(101)104-85(71-36-21-16-22-37-71)48-35-49-86(104)72-38-23-17-24-39-72/h16-70H,1-15H3/i31D,32D,33D,34D,46D,47D,50D,51D. The number of fused-ring (bicyclic) bond motifs is 10. The fraction of sp³-hybridized carbons (Fsp3) is 0.177. The van der Waals surface area contributed by atoms with Gasteiger partial charge in [-0.2, -0.15) is 0 Å². The molecule has 121 heavy (non-hydrogen) atoms. The van der Waals surface area contributed by atoms with Crippen molar-refractivity contribution >= 4 is 101 Å². The minimum atomic E-state index is -0.627. The van der Waals surface area contributed by atoms with Crippen molar-refractivity contribution < 1.29 is 11.0 Å². The number of aromatic nitrogens is 5. The Balaban J connectivity index is 1.04. The molecule has 18 aromatic rings. The quantitative estimate of drug-likeness (QED) is 0.121. The predicted octanol–water partition coefficient (Wildman–Crippen LogP) is 28.3. The number of para-hydroxylation sites is 3. The van der Waals surface area contributed by atoms with Gasteiger partial charge in [0, 0.05) is 83.4 Å². The Kier molecular flexibility index (Phi) is 16.0. The molecule has 0 atom stereocenters. The fourth-order valence-corrected chi connectivity index (χ4v) is 18.2. The van der Waals surface area contributed by atoms with E-state index in [9.17, 15) is 11.0 Å². The molecule has 0 N–H and O–H groups in total. The SMILES string of the molecule is [2H]c1c([2H])c([2H])c2c(c1[2H])c1c([2H])c([2H])c([2H])c([2H])c1n2-c1ccc2c(c1)N(c1c(-c3ccccc3)cc(C(C)(C)C)cc1-c1nc(-c3ccccc3)nc(-c3ccccc3)n1)c1cc(-n3c4ccc(C(C)(C)C)cc4c4cc(C(C)(C)C)ccc43)cc3c1B2c1ccc(-c2cc(C(C)(C)C)cc(C(C)(C)C)c2)cc1N3c1c(-c2ccccc2)cccc1-c1ccccc1. The lowest BCUT2D eigenvalue weighted by atomic mass is 9.33. The van der Waals surface area contributed by atoms with Gasteiger partial charge in [0.2, 0.25) is 0 Å². The maximum Gasteiger partial charge on any atom is 0.252 e. The van der Waals surface area contributed by atoms with E-state index in [1.54, 1.807) is 4.57 Å². The maximum atomic E-state index is 10.1. The largest absolute Gasteiger partial charge is 0.310 e. The van der Waals surface area contributed by atoms with Gasteiger partial charge < -0.3 is 18.9 Å². The van der Waals surface area contributed by atoms with Crippen molar-refractivity contribution in [1.82, 2.24) is 24.1 Å². The van der Waals surface area contributed by atoms with Crippen LogP contribution in [-0.2, 0) is 27.1 Å². The number of benzene rings is 15. The Morgan fingerprint density at radius 2 is 0.636 bits per heavy atom. The molecule has 7 nitrogen and oxygen atoms in total. The second-order valence-electron chi connectivity index (χ2n) is 37.9. The summed E-state index contributed by atoms with van der Waals surface area (Å²) in [6, 6.07) is 99.2. The monoisotopic (exact) mass is 1570 g/mol. The van der Waals surface area contributed by atoms with E-state index in [0.29, 0.717) is 40.1 Å². The molecular weight excluding hydrogens is 1470 g/mol. The summed E-state index contributed by atoms with van der Waals surface area (Å²) in [5, 5.41) is 2.16. The zero-order valence-electron chi connectivity index (χ0n) is 79.3. The van der Waals surface area contributed by atoms with Crippen molar-refractivity contribution in [2.45, 2.75) is 131 Å². The van der Waals surface area contributed by atoms with Crippen LogP contribution in [-0.4, -0.2) is 30.8 Å². The second-order valence-corrected chi connectivity index (χ2v) is 37.9. The van der Waals surface area contributed by atoms with Crippen molar-refractivity contribution in [2.75, 3.05) is 9.80 Å². The van der Waals surface area contributed by atoms with Gasteiger partial charge in [-0.25, -0.2) is 15.0 Å².